The number of carbonyl (C=O) groups excluding carboxylic acids is 3. The van der Waals surface area contributed by atoms with E-state index in [1.54, 1.807) is 12.4 Å². The summed E-state index contributed by atoms with van der Waals surface area (Å²) in [4.78, 5) is 50.0. The standard InChI is InChI=1S/C28H30ClN3O3.C20H24ClN3O/c29-25-19-30-18-24(22-10-5-2-6-11-22)27(25)32-16-13-23(14-17-32)26(33)12-7-15-31-28(34)35-20-21-8-3-1-4-9-21;21-18-14-23-13-17(15-5-2-1-3-6-15)20(18)24-11-8-16(9-12-24)19(25)7-4-10-22/h1-6,8-11,18-19,23H,7,12-17,20H2,(H,31,34);1-3,5-6,13-14,16H,4,7-12,22H2. The van der Waals surface area contributed by atoms with Crippen LogP contribution in [0.2, 0.25) is 10.0 Å². The molecule has 0 spiro atoms. The van der Waals surface area contributed by atoms with Gasteiger partial charge in [0, 0.05) is 93.3 Å². The molecule has 0 aliphatic carbocycles. The number of nitrogens with one attached hydrogen (secondary N) is 1. The quantitative estimate of drug-likeness (QED) is 0.0989. The first-order valence-electron chi connectivity index (χ1n) is 20.9. The van der Waals surface area contributed by atoms with E-state index in [0.29, 0.717) is 48.2 Å². The van der Waals surface area contributed by atoms with Gasteiger partial charge in [-0.15, -0.1) is 0 Å². The lowest BCUT2D eigenvalue weighted by Gasteiger charge is -2.34. The Hall–Kier alpha value is -5.29. The van der Waals surface area contributed by atoms with Crippen LogP contribution < -0.4 is 20.9 Å². The highest BCUT2D eigenvalue weighted by Gasteiger charge is 2.28. The average molecular weight is 850 g/mol. The molecule has 0 radical (unpaired) electrons. The van der Waals surface area contributed by atoms with Crippen molar-refractivity contribution < 1.29 is 19.1 Å². The fourth-order valence-corrected chi connectivity index (χ4v) is 8.47. The van der Waals surface area contributed by atoms with Crippen LogP contribution in [0.1, 0.15) is 56.9 Å². The Kier molecular flexibility index (Phi) is 16.9. The van der Waals surface area contributed by atoms with Crippen molar-refractivity contribution in [3.05, 3.63) is 131 Å². The van der Waals surface area contributed by atoms with Crippen molar-refractivity contribution in [2.45, 2.75) is 58.0 Å². The number of hydrogen-bond acceptors (Lipinski definition) is 9. The fourth-order valence-electron chi connectivity index (χ4n) is 7.92. The van der Waals surface area contributed by atoms with E-state index in [4.69, 9.17) is 33.7 Å². The van der Waals surface area contributed by atoms with Crippen molar-refractivity contribution >= 4 is 52.2 Å². The van der Waals surface area contributed by atoms with Gasteiger partial charge < -0.3 is 25.6 Å². The van der Waals surface area contributed by atoms with Crippen molar-refractivity contribution in [3.8, 4) is 22.3 Å². The van der Waals surface area contributed by atoms with Gasteiger partial charge in [-0.25, -0.2) is 4.79 Å². The molecule has 10 nitrogen and oxygen atoms in total. The lowest BCUT2D eigenvalue weighted by atomic mass is 9.89. The van der Waals surface area contributed by atoms with E-state index in [1.807, 2.05) is 79.1 Å². The number of ether oxygens (including phenoxy) is 1. The third-order valence-corrected chi connectivity index (χ3v) is 11.7. The average Bonchev–Trinajstić information content (AvgIpc) is 3.30. The maximum Gasteiger partial charge on any atom is 0.407 e. The minimum Gasteiger partial charge on any atom is -0.445 e. The zero-order chi connectivity index (χ0) is 42.1. The Morgan fingerprint density at radius 3 is 1.52 bits per heavy atom. The van der Waals surface area contributed by atoms with Gasteiger partial charge in [0.2, 0.25) is 0 Å². The predicted molar refractivity (Wildman–Crippen MR) is 241 cm³/mol. The van der Waals surface area contributed by atoms with Crippen LogP contribution in [-0.2, 0) is 20.9 Å². The number of nitrogens with zero attached hydrogens (tertiary/aromatic N) is 4. The molecule has 314 valence electrons. The molecule has 2 aromatic heterocycles. The molecule has 3 N–H and O–H groups in total. The summed E-state index contributed by atoms with van der Waals surface area (Å²) < 4.78 is 5.20. The summed E-state index contributed by atoms with van der Waals surface area (Å²) in [6.07, 6.45) is 12.4. The molecule has 2 aliphatic heterocycles. The molecule has 0 unspecified atom stereocenters. The van der Waals surface area contributed by atoms with Crippen molar-refractivity contribution in [3.63, 3.8) is 0 Å². The van der Waals surface area contributed by atoms with Gasteiger partial charge in [-0.3, -0.25) is 19.6 Å². The highest BCUT2D eigenvalue weighted by molar-refractivity contribution is 6.34. The summed E-state index contributed by atoms with van der Waals surface area (Å²) in [5.41, 5.74) is 12.7. The minimum atomic E-state index is -0.460. The van der Waals surface area contributed by atoms with Crippen molar-refractivity contribution in [1.82, 2.24) is 15.3 Å². The Labute approximate surface area is 363 Å². The number of halogens is 2. The molecule has 7 rings (SSSR count). The number of ketones is 2. The molecule has 12 heteroatoms. The molecule has 2 saturated heterocycles. The van der Waals surface area contributed by atoms with E-state index < -0.39 is 6.09 Å². The zero-order valence-corrected chi connectivity index (χ0v) is 35.5. The maximum absolute atomic E-state index is 12.8. The molecule has 60 heavy (non-hydrogen) atoms. The molecular weight excluding hydrogens is 795 g/mol. The fraction of sp³-hybridized carbons (Fsp3) is 0.354. The van der Waals surface area contributed by atoms with E-state index in [0.717, 1.165) is 97.5 Å². The number of alkyl carbamates (subject to hydrolysis) is 1. The van der Waals surface area contributed by atoms with Gasteiger partial charge in [0.15, 0.2) is 0 Å². The van der Waals surface area contributed by atoms with Gasteiger partial charge in [0.25, 0.3) is 0 Å². The molecule has 0 bridgehead atoms. The number of aromatic nitrogens is 2. The maximum atomic E-state index is 12.8. The Balaban J connectivity index is 0.000000213. The molecule has 2 aliphatic rings. The third-order valence-electron chi connectivity index (χ3n) is 11.2. The smallest absolute Gasteiger partial charge is 0.407 e. The van der Waals surface area contributed by atoms with Gasteiger partial charge in [-0.05, 0) is 61.8 Å². The molecule has 4 heterocycles. The Bertz CT molecular complexity index is 2130. The lowest BCUT2D eigenvalue weighted by Crippen LogP contribution is -2.37. The number of hydrogen-bond donors (Lipinski definition) is 2. The highest BCUT2D eigenvalue weighted by Crippen LogP contribution is 2.39. The topological polar surface area (TPSA) is 131 Å². The van der Waals surface area contributed by atoms with Crippen LogP contribution >= 0.6 is 23.2 Å². The molecule has 1 amide bonds. The van der Waals surface area contributed by atoms with Crippen LogP contribution in [-0.4, -0.2) is 66.9 Å². The highest BCUT2D eigenvalue weighted by atomic mass is 35.5. The lowest BCUT2D eigenvalue weighted by molar-refractivity contribution is -0.124. The van der Waals surface area contributed by atoms with Gasteiger partial charge in [0.05, 0.1) is 21.4 Å². The second-order valence-electron chi connectivity index (χ2n) is 15.2. The van der Waals surface area contributed by atoms with Gasteiger partial charge in [-0.1, -0.05) is 114 Å². The van der Waals surface area contributed by atoms with Crippen LogP contribution in [0.15, 0.2) is 116 Å². The Morgan fingerprint density at radius 1 is 0.633 bits per heavy atom. The van der Waals surface area contributed by atoms with Gasteiger partial charge in [0.1, 0.15) is 18.2 Å². The van der Waals surface area contributed by atoms with E-state index in [-0.39, 0.29) is 24.2 Å². The second kappa shape index (κ2) is 22.9. The summed E-state index contributed by atoms with van der Waals surface area (Å²) in [6, 6.07) is 29.8. The summed E-state index contributed by atoms with van der Waals surface area (Å²) in [7, 11) is 0. The number of anilines is 2. The third kappa shape index (κ3) is 12.4. The van der Waals surface area contributed by atoms with Crippen LogP contribution in [0.5, 0.6) is 0 Å². The predicted octanol–water partition coefficient (Wildman–Crippen LogP) is 9.82. The summed E-state index contributed by atoms with van der Waals surface area (Å²) in [5.74, 6) is 0.808. The van der Waals surface area contributed by atoms with Crippen LogP contribution in [0.4, 0.5) is 16.2 Å². The number of rotatable bonds is 15. The van der Waals surface area contributed by atoms with Crippen LogP contribution in [0.25, 0.3) is 22.3 Å². The number of benzene rings is 3. The first kappa shape index (κ1) is 44.3. The summed E-state index contributed by atoms with van der Waals surface area (Å²) in [5, 5.41) is 4.01. The molecule has 3 aromatic carbocycles. The molecular formula is C48H54Cl2N6O4. The van der Waals surface area contributed by atoms with Gasteiger partial charge in [-0.2, -0.15) is 0 Å². The van der Waals surface area contributed by atoms with Crippen molar-refractivity contribution in [2.75, 3.05) is 49.1 Å². The largest absolute Gasteiger partial charge is 0.445 e. The van der Waals surface area contributed by atoms with E-state index in [2.05, 4.69) is 49.4 Å². The number of Topliss-reactive ketones (excluding diaryl/α,β-unsaturated/α-hetero) is 2. The van der Waals surface area contributed by atoms with E-state index >= 15 is 0 Å². The van der Waals surface area contributed by atoms with Crippen LogP contribution in [0.3, 0.4) is 0 Å². The first-order chi connectivity index (χ1) is 29.3. The molecule has 5 aromatic rings. The molecule has 2 fully saturated rings. The number of pyridine rings is 2. The number of nitrogens with two attached hydrogens (primary N) is 1. The SMILES string of the molecule is NCCCC(=O)C1CCN(c2c(Cl)cncc2-c2ccccc2)CC1.O=C(NCCCC(=O)C1CCN(c2c(Cl)cncc2-c2ccccc2)CC1)OCc1ccccc1. The second-order valence-corrected chi connectivity index (χ2v) is 16.0. The summed E-state index contributed by atoms with van der Waals surface area (Å²) >= 11 is 13.1. The Morgan fingerprint density at radius 2 is 1.07 bits per heavy atom. The number of amides is 1. The van der Waals surface area contributed by atoms with E-state index in [1.165, 1.54) is 0 Å². The number of piperidine rings is 2. The molecule has 0 saturated carbocycles. The van der Waals surface area contributed by atoms with Crippen LogP contribution in [0, 0.1) is 11.8 Å². The van der Waals surface area contributed by atoms with Gasteiger partial charge >= 0.3 is 6.09 Å². The van der Waals surface area contributed by atoms with Crippen molar-refractivity contribution in [1.29, 1.82) is 0 Å². The van der Waals surface area contributed by atoms with Crippen molar-refractivity contribution in [2.24, 2.45) is 17.6 Å². The first-order valence-corrected chi connectivity index (χ1v) is 21.7. The number of carbonyl (C=O) groups is 3. The summed E-state index contributed by atoms with van der Waals surface area (Å²) in [6.45, 7) is 4.44. The minimum absolute atomic E-state index is 0.0390. The normalized spacial score (nSPS) is 14.5. The monoisotopic (exact) mass is 848 g/mol. The zero-order valence-electron chi connectivity index (χ0n) is 34.0. The molecule has 0 atom stereocenters. The van der Waals surface area contributed by atoms with E-state index in [9.17, 15) is 14.4 Å².